The van der Waals surface area contributed by atoms with Crippen LogP contribution in [0.25, 0.3) is 0 Å². The predicted molar refractivity (Wildman–Crippen MR) is 46.7 cm³/mol. The van der Waals surface area contributed by atoms with Gasteiger partial charge < -0.3 is 10.0 Å². The van der Waals surface area contributed by atoms with Gasteiger partial charge in [0.05, 0.1) is 5.92 Å². The number of aliphatic hydroxyl groups is 1. The van der Waals surface area contributed by atoms with E-state index in [-0.39, 0.29) is 17.6 Å². The molecule has 0 heterocycles. The number of rotatable bonds is 1. The summed E-state index contributed by atoms with van der Waals surface area (Å²) >= 11 is 0. The molecule has 0 saturated carbocycles. The van der Waals surface area contributed by atoms with Crippen molar-refractivity contribution in [2.45, 2.75) is 6.42 Å². The van der Waals surface area contributed by atoms with Crippen molar-refractivity contribution >= 4 is 5.91 Å². The van der Waals surface area contributed by atoms with Crippen LogP contribution in [0.2, 0.25) is 0 Å². The Morgan fingerprint density at radius 3 is 2.83 bits per heavy atom. The molecule has 0 saturated heterocycles. The molecule has 66 valence electrons. The topological polar surface area (TPSA) is 40.5 Å². The molecule has 0 aromatic heterocycles. The Bertz CT molecular complexity index is 241. The molecule has 3 nitrogen and oxygen atoms in total. The maximum absolute atomic E-state index is 11.4. The summed E-state index contributed by atoms with van der Waals surface area (Å²) < 4.78 is 0. The van der Waals surface area contributed by atoms with Gasteiger partial charge in [-0.1, -0.05) is 6.08 Å². The van der Waals surface area contributed by atoms with Crippen molar-refractivity contribution < 1.29 is 9.90 Å². The van der Waals surface area contributed by atoms with E-state index in [0.29, 0.717) is 6.42 Å². The zero-order valence-corrected chi connectivity index (χ0v) is 7.32. The first-order chi connectivity index (χ1) is 5.61. The van der Waals surface area contributed by atoms with Crippen LogP contribution in [-0.2, 0) is 4.79 Å². The van der Waals surface area contributed by atoms with Crippen molar-refractivity contribution in [3.8, 4) is 0 Å². The Kier molecular flexibility index (Phi) is 2.53. The minimum absolute atomic E-state index is 0.0332. The molecule has 3 heteroatoms. The van der Waals surface area contributed by atoms with E-state index in [1.54, 1.807) is 32.3 Å². The van der Waals surface area contributed by atoms with Gasteiger partial charge in [-0.15, -0.1) is 0 Å². The zero-order chi connectivity index (χ0) is 9.14. The molecule has 0 radical (unpaired) electrons. The average Bonchev–Trinajstić information content (AvgIpc) is 2.03. The first kappa shape index (κ1) is 8.84. The highest BCUT2D eigenvalue weighted by molar-refractivity contribution is 5.80. The van der Waals surface area contributed by atoms with Crippen molar-refractivity contribution in [2.24, 2.45) is 5.92 Å². The van der Waals surface area contributed by atoms with Gasteiger partial charge in [-0.2, -0.15) is 0 Å². The minimum atomic E-state index is -0.190. The van der Waals surface area contributed by atoms with E-state index in [1.165, 1.54) is 4.90 Å². The van der Waals surface area contributed by atoms with Gasteiger partial charge in [0.1, 0.15) is 5.76 Å². The van der Waals surface area contributed by atoms with E-state index in [1.807, 2.05) is 0 Å². The molecule has 1 rings (SSSR count). The molecular weight excluding hydrogens is 154 g/mol. The summed E-state index contributed by atoms with van der Waals surface area (Å²) in [5.74, 6) is 0.0253. The van der Waals surface area contributed by atoms with Crippen LogP contribution in [0.5, 0.6) is 0 Å². The molecule has 0 aliphatic heterocycles. The normalized spacial score (nSPS) is 21.8. The molecule has 0 aromatic carbocycles. The van der Waals surface area contributed by atoms with Crippen LogP contribution >= 0.6 is 0 Å². The number of amides is 1. The first-order valence-electron chi connectivity index (χ1n) is 3.89. The van der Waals surface area contributed by atoms with Crippen LogP contribution in [-0.4, -0.2) is 30.0 Å². The summed E-state index contributed by atoms with van der Waals surface area (Å²) in [6, 6.07) is 0. The molecule has 12 heavy (non-hydrogen) atoms. The quantitative estimate of drug-likeness (QED) is 0.635. The molecule has 1 unspecified atom stereocenters. The summed E-state index contributed by atoms with van der Waals surface area (Å²) in [7, 11) is 3.43. The fourth-order valence-electron chi connectivity index (χ4n) is 1.17. The molecule has 1 atom stereocenters. The maximum Gasteiger partial charge on any atom is 0.229 e. The van der Waals surface area contributed by atoms with Crippen LogP contribution in [0.3, 0.4) is 0 Å². The second-order valence-electron chi connectivity index (χ2n) is 3.07. The minimum Gasteiger partial charge on any atom is -0.508 e. The van der Waals surface area contributed by atoms with Gasteiger partial charge in [-0.3, -0.25) is 4.79 Å². The molecule has 0 aromatic rings. The summed E-state index contributed by atoms with van der Waals surface area (Å²) in [6.45, 7) is 0. The van der Waals surface area contributed by atoms with Crippen molar-refractivity contribution in [2.75, 3.05) is 14.1 Å². The highest BCUT2D eigenvalue weighted by atomic mass is 16.3. The van der Waals surface area contributed by atoms with Crippen LogP contribution < -0.4 is 0 Å². The summed E-state index contributed by atoms with van der Waals surface area (Å²) in [6.07, 6.45) is 5.68. The van der Waals surface area contributed by atoms with Gasteiger partial charge in [-0.05, 0) is 18.6 Å². The zero-order valence-electron chi connectivity index (χ0n) is 7.32. The molecule has 1 amide bonds. The number of allylic oxidation sites excluding steroid dienone is 2. The highest BCUT2D eigenvalue weighted by Crippen LogP contribution is 2.16. The van der Waals surface area contributed by atoms with Crippen LogP contribution in [0.15, 0.2) is 24.0 Å². The monoisotopic (exact) mass is 167 g/mol. The average molecular weight is 167 g/mol. The summed E-state index contributed by atoms with van der Waals surface area (Å²) in [4.78, 5) is 12.9. The van der Waals surface area contributed by atoms with E-state index < -0.39 is 0 Å². The third-order valence-corrected chi connectivity index (χ3v) is 1.81. The number of carbonyl (C=O) groups excluding carboxylic acids is 1. The van der Waals surface area contributed by atoms with E-state index >= 15 is 0 Å². The predicted octanol–water partition coefficient (Wildman–Crippen LogP) is 1.09. The number of carbonyl (C=O) groups is 1. The number of hydrogen-bond acceptors (Lipinski definition) is 2. The van der Waals surface area contributed by atoms with E-state index in [4.69, 9.17) is 5.11 Å². The standard InChI is InChI=1S/C9H13NO2/c1-10(2)9(12)7-4-3-5-8(11)6-7/h3,5-7,11H,4H2,1-2H3. The van der Waals surface area contributed by atoms with Gasteiger partial charge in [-0.25, -0.2) is 0 Å². The van der Waals surface area contributed by atoms with Crippen LogP contribution in [0.1, 0.15) is 6.42 Å². The van der Waals surface area contributed by atoms with Gasteiger partial charge in [0.25, 0.3) is 0 Å². The Hall–Kier alpha value is -1.25. The number of hydrogen-bond donors (Lipinski definition) is 1. The Morgan fingerprint density at radius 1 is 1.67 bits per heavy atom. The van der Waals surface area contributed by atoms with Gasteiger partial charge in [0, 0.05) is 14.1 Å². The van der Waals surface area contributed by atoms with E-state index in [9.17, 15) is 4.79 Å². The van der Waals surface area contributed by atoms with E-state index in [0.717, 1.165) is 0 Å². The van der Waals surface area contributed by atoms with Crippen molar-refractivity contribution in [1.29, 1.82) is 0 Å². The molecule has 0 fully saturated rings. The maximum atomic E-state index is 11.4. The third-order valence-electron chi connectivity index (χ3n) is 1.81. The molecular formula is C9H13NO2. The number of nitrogens with zero attached hydrogens (tertiary/aromatic N) is 1. The van der Waals surface area contributed by atoms with Gasteiger partial charge in [0.2, 0.25) is 5.91 Å². The molecule has 1 aliphatic carbocycles. The second-order valence-corrected chi connectivity index (χ2v) is 3.07. The fraction of sp³-hybridized carbons (Fsp3) is 0.444. The Labute approximate surface area is 72.0 Å². The van der Waals surface area contributed by atoms with Crippen LogP contribution in [0, 0.1) is 5.92 Å². The lowest BCUT2D eigenvalue weighted by Gasteiger charge is -2.18. The number of aliphatic hydroxyl groups excluding tert-OH is 1. The molecule has 0 bridgehead atoms. The third kappa shape index (κ3) is 1.87. The van der Waals surface area contributed by atoms with Crippen LogP contribution in [0.4, 0.5) is 0 Å². The first-order valence-corrected chi connectivity index (χ1v) is 3.89. The van der Waals surface area contributed by atoms with Crippen molar-refractivity contribution in [1.82, 2.24) is 4.90 Å². The Morgan fingerprint density at radius 2 is 2.33 bits per heavy atom. The SMILES string of the molecule is CN(C)C(=O)C1C=C(O)C=CC1. The largest absolute Gasteiger partial charge is 0.508 e. The van der Waals surface area contributed by atoms with Crippen molar-refractivity contribution in [3.05, 3.63) is 24.0 Å². The lowest BCUT2D eigenvalue weighted by atomic mass is 9.99. The lowest BCUT2D eigenvalue weighted by molar-refractivity contribution is -0.131. The summed E-state index contributed by atoms with van der Waals surface area (Å²) in [5.41, 5.74) is 0. The van der Waals surface area contributed by atoms with Gasteiger partial charge >= 0.3 is 0 Å². The van der Waals surface area contributed by atoms with E-state index in [2.05, 4.69) is 0 Å². The summed E-state index contributed by atoms with van der Waals surface area (Å²) in [5, 5.41) is 9.11. The lowest BCUT2D eigenvalue weighted by Crippen LogP contribution is -2.29. The molecule has 1 N–H and O–H groups in total. The fourth-order valence-corrected chi connectivity index (χ4v) is 1.17. The molecule has 1 aliphatic rings. The highest BCUT2D eigenvalue weighted by Gasteiger charge is 2.18. The van der Waals surface area contributed by atoms with Gasteiger partial charge in [0.15, 0.2) is 0 Å². The smallest absolute Gasteiger partial charge is 0.229 e. The van der Waals surface area contributed by atoms with Crippen molar-refractivity contribution in [3.63, 3.8) is 0 Å². The Balaban J connectivity index is 2.67. The second kappa shape index (κ2) is 3.43. The molecule has 0 spiro atoms.